The number of ether oxygens (including phenoxy) is 1. The normalized spacial score (nSPS) is 18.2. The van der Waals surface area contributed by atoms with E-state index in [4.69, 9.17) is 0 Å². The number of halogens is 4. The highest BCUT2D eigenvalue weighted by molar-refractivity contribution is 9.10. The largest absolute Gasteiger partial charge is 0.573 e. The SMILES string of the molecule is O=C1c2cnn(-c3ccc(OC(F)(F)F)cc3)c2CCC1Br. The zero-order chi connectivity index (χ0) is 15.9. The number of nitrogens with zero attached hydrogens (tertiary/aromatic N) is 2. The van der Waals surface area contributed by atoms with Gasteiger partial charge < -0.3 is 4.74 Å². The number of aromatic nitrogens is 2. The van der Waals surface area contributed by atoms with Gasteiger partial charge in [0.1, 0.15) is 5.75 Å². The number of Topliss-reactive ketones (excluding diaryl/α,β-unsaturated/α-hetero) is 1. The van der Waals surface area contributed by atoms with Gasteiger partial charge in [-0.05, 0) is 37.1 Å². The van der Waals surface area contributed by atoms with Crippen LogP contribution in [0.2, 0.25) is 0 Å². The average molecular weight is 375 g/mol. The summed E-state index contributed by atoms with van der Waals surface area (Å²) in [5.41, 5.74) is 1.89. The summed E-state index contributed by atoms with van der Waals surface area (Å²) in [6, 6.07) is 5.38. The first-order valence-corrected chi connectivity index (χ1v) is 7.38. The van der Waals surface area contributed by atoms with E-state index in [0.29, 0.717) is 24.1 Å². The van der Waals surface area contributed by atoms with Crippen molar-refractivity contribution in [1.82, 2.24) is 9.78 Å². The molecule has 1 unspecified atom stereocenters. The minimum atomic E-state index is -4.72. The van der Waals surface area contributed by atoms with Gasteiger partial charge >= 0.3 is 6.36 Å². The lowest BCUT2D eigenvalue weighted by atomic mass is 9.96. The van der Waals surface area contributed by atoms with Crippen molar-refractivity contribution in [3.8, 4) is 11.4 Å². The molecule has 1 aliphatic rings. The number of ketones is 1. The Morgan fingerprint density at radius 3 is 2.59 bits per heavy atom. The Morgan fingerprint density at radius 1 is 1.27 bits per heavy atom. The number of hydrogen-bond donors (Lipinski definition) is 0. The van der Waals surface area contributed by atoms with Crippen molar-refractivity contribution in [2.75, 3.05) is 0 Å². The molecule has 0 radical (unpaired) electrons. The molecule has 3 rings (SSSR count). The van der Waals surface area contributed by atoms with E-state index in [1.807, 2.05) is 0 Å². The van der Waals surface area contributed by atoms with Crippen molar-refractivity contribution in [1.29, 1.82) is 0 Å². The molecule has 0 aliphatic heterocycles. The van der Waals surface area contributed by atoms with E-state index in [1.165, 1.54) is 30.5 Å². The van der Waals surface area contributed by atoms with Crippen LogP contribution in [0.4, 0.5) is 13.2 Å². The summed E-state index contributed by atoms with van der Waals surface area (Å²) in [4.78, 5) is 11.8. The lowest BCUT2D eigenvalue weighted by Gasteiger charge is -2.17. The van der Waals surface area contributed by atoms with Gasteiger partial charge in [-0.15, -0.1) is 13.2 Å². The van der Waals surface area contributed by atoms with E-state index >= 15 is 0 Å². The second-order valence-electron chi connectivity index (χ2n) is 4.83. The van der Waals surface area contributed by atoms with Gasteiger partial charge in [0.05, 0.1) is 28.0 Å². The van der Waals surface area contributed by atoms with Crippen LogP contribution in [0, 0.1) is 0 Å². The highest BCUT2D eigenvalue weighted by Gasteiger charge is 2.31. The van der Waals surface area contributed by atoms with Gasteiger partial charge in [0.25, 0.3) is 0 Å². The lowest BCUT2D eigenvalue weighted by molar-refractivity contribution is -0.274. The fourth-order valence-corrected chi connectivity index (χ4v) is 2.87. The second kappa shape index (κ2) is 5.42. The minimum absolute atomic E-state index is 0.0236. The number of carbonyl (C=O) groups is 1. The molecule has 1 aromatic carbocycles. The summed E-state index contributed by atoms with van der Waals surface area (Å²) in [5, 5.41) is 4.17. The summed E-state index contributed by atoms with van der Waals surface area (Å²) in [7, 11) is 0. The standard InChI is InChI=1S/C14H10BrF3N2O2/c15-11-5-6-12-10(13(11)21)7-19-20(12)8-1-3-9(4-2-8)22-14(16,17)18/h1-4,7,11H,5-6H2. The maximum absolute atomic E-state index is 12.1. The molecule has 0 amide bonds. The highest BCUT2D eigenvalue weighted by Crippen LogP contribution is 2.28. The van der Waals surface area contributed by atoms with Crippen molar-refractivity contribution >= 4 is 21.7 Å². The number of hydrogen-bond acceptors (Lipinski definition) is 3. The van der Waals surface area contributed by atoms with Crippen LogP contribution in [0.5, 0.6) is 5.75 Å². The molecule has 116 valence electrons. The van der Waals surface area contributed by atoms with Crippen LogP contribution >= 0.6 is 15.9 Å². The molecule has 0 saturated carbocycles. The molecule has 2 aromatic rings. The molecular weight excluding hydrogens is 365 g/mol. The van der Waals surface area contributed by atoms with Crippen LogP contribution in [0.1, 0.15) is 22.5 Å². The Hall–Kier alpha value is -1.83. The van der Waals surface area contributed by atoms with Crippen LogP contribution in [-0.4, -0.2) is 26.8 Å². The summed E-state index contributed by atoms with van der Waals surface area (Å²) in [6.45, 7) is 0. The fourth-order valence-electron chi connectivity index (χ4n) is 2.39. The number of rotatable bonds is 2. The Kier molecular flexibility index (Phi) is 3.72. The van der Waals surface area contributed by atoms with E-state index < -0.39 is 6.36 Å². The summed E-state index contributed by atoms with van der Waals surface area (Å²) in [5.74, 6) is -0.321. The molecule has 0 N–H and O–H groups in total. The van der Waals surface area contributed by atoms with E-state index in [-0.39, 0.29) is 16.4 Å². The molecule has 0 spiro atoms. The van der Waals surface area contributed by atoms with Crippen molar-refractivity contribution in [2.45, 2.75) is 24.0 Å². The zero-order valence-corrected chi connectivity index (χ0v) is 12.7. The van der Waals surface area contributed by atoms with Crippen molar-refractivity contribution in [3.05, 3.63) is 41.7 Å². The van der Waals surface area contributed by atoms with Crippen molar-refractivity contribution in [2.24, 2.45) is 0 Å². The van der Waals surface area contributed by atoms with Crippen LogP contribution in [0.15, 0.2) is 30.5 Å². The average Bonchev–Trinajstić information content (AvgIpc) is 2.87. The lowest BCUT2D eigenvalue weighted by Crippen LogP contribution is -2.22. The van der Waals surface area contributed by atoms with Crippen LogP contribution < -0.4 is 4.74 Å². The quantitative estimate of drug-likeness (QED) is 0.753. The third-order valence-electron chi connectivity index (χ3n) is 3.37. The number of carbonyl (C=O) groups excluding carboxylic acids is 1. The van der Waals surface area contributed by atoms with Crippen molar-refractivity contribution < 1.29 is 22.7 Å². The third-order valence-corrected chi connectivity index (χ3v) is 4.24. The molecule has 0 bridgehead atoms. The van der Waals surface area contributed by atoms with Gasteiger partial charge in [0.2, 0.25) is 0 Å². The topological polar surface area (TPSA) is 44.1 Å². The molecule has 22 heavy (non-hydrogen) atoms. The smallest absolute Gasteiger partial charge is 0.406 e. The Morgan fingerprint density at radius 2 is 1.95 bits per heavy atom. The minimum Gasteiger partial charge on any atom is -0.406 e. The molecular formula is C14H10BrF3N2O2. The summed E-state index contributed by atoms with van der Waals surface area (Å²) in [6.07, 6.45) is -1.90. The summed E-state index contributed by atoms with van der Waals surface area (Å²) < 4.78 is 41.8. The fraction of sp³-hybridized carbons (Fsp3) is 0.286. The molecule has 0 fully saturated rings. The number of benzene rings is 1. The van der Waals surface area contributed by atoms with Gasteiger partial charge in [-0.3, -0.25) is 4.79 Å². The monoisotopic (exact) mass is 374 g/mol. The predicted octanol–water partition coefficient (Wildman–Crippen LogP) is 3.66. The maximum atomic E-state index is 12.1. The molecule has 4 nitrogen and oxygen atoms in total. The van der Waals surface area contributed by atoms with Crippen LogP contribution in [0.3, 0.4) is 0 Å². The van der Waals surface area contributed by atoms with E-state index in [2.05, 4.69) is 25.8 Å². The second-order valence-corrected chi connectivity index (χ2v) is 5.93. The van der Waals surface area contributed by atoms with Crippen LogP contribution in [0.25, 0.3) is 5.69 Å². The molecule has 8 heteroatoms. The predicted molar refractivity (Wildman–Crippen MR) is 75.6 cm³/mol. The molecule has 1 aliphatic carbocycles. The molecule has 1 atom stereocenters. The van der Waals surface area contributed by atoms with E-state index in [9.17, 15) is 18.0 Å². The van der Waals surface area contributed by atoms with Gasteiger partial charge in [-0.1, -0.05) is 15.9 Å². The van der Waals surface area contributed by atoms with Gasteiger partial charge in [0, 0.05) is 0 Å². The first kappa shape index (κ1) is 15.1. The van der Waals surface area contributed by atoms with Gasteiger partial charge in [-0.2, -0.15) is 5.10 Å². The number of alkyl halides is 4. The molecule has 1 heterocycles. The Balaban J connectivity index is 1.90. The first-order valence-electron chi connectivity index (χ1n) is 6.46. The van der Waals surface area contributed by atoms with E-state index in [0.717, 1.165) is 5.69 Å². The first-order chi connectivity index (χ1) is 10.3. The molecule has 1 aromatic heterocycles. The van der Waals surface area contributed by atoms with Gasteiger partial charge in [0.15, 0.2) is 5.78 Å². The van der Waals surface area contributed by atoms with Crippen LogP contribution in [-0.2, 0) is 6.42 Å². The third kappa shape index (κ3) is 2.87. The zero-order valence-electron chi connectivity index (χ0n) is 11.1. The van der Waals surface area contributed by atoms with E-state index in [1.54, 1.807) is 4.68 Å². The maximum Gasteiger partial charge on any atom is 0.573 e. The highest BCUT2D eigenvalue weighted by atomic mass is 79.9. The number of fused-ring (bicyclic) bond motifs is 1. The summed E-state index contributed by atoms with van der Waals surface area (Å²) >= 11 is 3.32. The Bertz CT molecular complexity index is 710. The molecule has 0 saturated heterocycles. The van der Waals surface area contributed by atoms with Gasteiger partial charge in [-0.25, -0.2) is 4.68 Å². The Labute approximate surface area is 132 Å². The van der Waals surface area contributed by atoms with Crippen molar-refractivity contribution in [3.63, 3.8) is 0 Å².